The highest BCUT2D eigenvalue weighted by molar-refractivity contribution is 6.08. The minimum atomic E-state index is -0.729. The molecule has 0 spiro atoms. The molecule has 0 atom stereocenters. The molecule has 190 valence electrons. The van der Waals surface area contributed by atoms with Gasteiger partial charge in [-0.2, -0.15) is 0 Å². The molecule has 2 aromatic heterocycles. The Hall–Kier alpha value is -3.14. The van der Waals surface area contributed by atoms with Crippen molar-refractivity contribution in [1.82, 2.24) is 4.98 Å². The molecule has 10 heteroatoms. The van der Waals surface area contributed by atoms with Gasteiger partial charge in [0.25, 0.3) is 6.47 Å². The molecule has 0 unspecified atom stereocenters. The van der Waals surface area contributed by atoms with Gasteiger partial charge in [-0.25, -0.2) is 9.59 Å². The summed E-state index contributed by atoms with van der Waals surface area (Å²) in [5.74, 6) is -0.666. The number of carbonyl (C=O) groups excluding carboxylic acids is 3. The first-order valence-electron chi connectivity index (χ1n) is 11.0. The second kappa shape index (κ2) is 12.9. The van der Waals surface area contributed by atoms with Crippen LogP contribution in [0.5, 0.6) is 0 Å². The van der Waals surface area contributed by atoms with Crippen molar-refractivity contribution < 1.29 is 37.7 Å². The van der Waals surface area contributed by atoms with Crippen molar-refractivity contribution in [2.75, 3.05) is 25.6 Å². The number of ether oxygens (including phenoxy) is 4. The van der Waals surface area contributed by atoms with E-state index in [-0.39, 0.29) is 23.7 Å². The minimum absolute atomic E-state index is 0.0424. The van der Waals surface area contributed by atoms with Gasteiger partial charge in [0.1, 0.15) is 22.3 Å². The van der Waals surface area contributed by atoms with E-state index in [1.54, 1.807) is 47.1 Å². The van der Waals surface area contributed by atoms with Gasteiger partial charge in [-0.1, -0.05) is 0 Å². The third kappa shape index (κ3) is 10.2. The minimum Gasteiger partial charge on any atom is -0.462 e. The first-order valence-corrected chi connectivity index (χ1v) is 11.0. The third-order valence-electron chi connectivity index (χ3n) is 3.89. The summed E-state index contributed by atoms with van der Waals surface area (Å²) < 4.78 is 25.6. The first kappa shape index (κ1) is 28.9. The molecule has 2 heterocycles. The molecule has 2 rings (SSSR count). The molecule has 1 N–H and O–H groups in total. The van der Waals surface area contributed by atoms with Crippen LogP contribution < -0.4 is 5.32 Å². The third-order valence-corrected chi connectivity index (χ3v) is 3.89. The number of amides is 1. The summed E-state index contributed by atoms with van der Waals surface area (Å²) in [6.45, 7) is 13.7. The quantitative estimate of drug-likeness (QED) is 0.243. The van der Waals surface area contributed by atoms with Crippen molar-refractivity contribution in [2.45, 2.75) is 72.5 Å². The number of aromatic nitrogens is 1. The van der Waals surface area contributed by atoms with E-state index in [4.69, 9.17) is 18.6 Å². The van der Waals surface area contributed by atoms with Crippen LogP contribution in [0.15, 0.2) is 16.7 Å². The molecule has 0 aliphatic rings. The predicted octanol–water partition coefficient (Wildman–Crippen LogP) is 4.89. The van der Waals surface area contributed by atoms with E-state index in [0.717, 1.165) is 18.4 Å². The van der Waals surface area contributed by atoms with Crippen LogP contribution >= 0.6 is 0 Å². The lowest BCUT2D eigenvalue weighted by molar-refractivity contribution is -0.138. The summed E-state index contributed by atoms with van der Waals surface area (Å²) in [5, 5.41) is 2.48. The average Bonchev–Trinajstić information content (AvgIpc) is 3.03. The number of nitrogens with one attached hydrogen (secondary N) is 1. The van der Waals surface area contributed by atoms with Crippen molar-refractivity contribution in [3.05, 3.63) is 23.4 Å². The van der Waals surface area contributed by atoms with Gasteiger partial charge < -0.3 is 23.4 Å². The van der Waals surface area contributed by atoms with Crippen LogP contribution in [0.2, 0.25) is 0 Å². The topological polar surface area (TPSA) is 126 Å². The number of fused-ring (bicyclic) bond motifs is 1. The zero-order chi connectivity index (χ0) is 25.9. The van der Waals surface area contributed by atoms with Crippen molar-refractivity contribution in [3.8, 4) is 0 Å². The van der Waals surface area contributed by atoms with E-state index in [1.807, 2.05) is 20.8 Å². The number of nitrogens with zero attached hydrogens (tertiary/aromatic N) is 1. The number of carbonyl (C=O) groups is 3. The van der Waals surface area contributed by atoms with E-state index >= 15 is 0 Å². The second-order valence-corrected chi connectivity index (χ2v) is 9.27. The Balaban J connectivity index is 0.000000718. The van der Waals surface area contributed by atoms with Crippen LogP contribution in [0, 0.1) is 0 Å². The summed E-state index contributed by atoms with van der Waals surface area (Å²) >= 11 is 0. The molecule has 0 aliphatic heterocycles. The molecular weight excluding hydrogens is 444 g/mol. The van der Waals surface area contributed by atoms with Crippen molar-refractivity contribution in [1.29, 1.82) is 0 Å². The highest BCUT2D eigenvalue weighted by Crippen LogP contribution is 2.30. The van der Waals surface area contributed by atoms with Crippen LogP contribution in [0.4, 0.5) is 10.7 Å². The number of hydrogen-bond donors (Lipinski definition) is 1. The highest BCUT2D eigenvalue weighted by Gasteiger charge is 2.26. The summed E-state index contributed by atoms with van der Waals surface area (Å²) in [6.07, 6.45) is 2.53. The molecule has 0 aliphatic carbocycles. The lowest BCUT2D eigenvalue weighted by Crippen LogP contribution is -2.27. The largest absolute Gasteiger partial charge is 0.462 e. The molecule has 0 fully saturated rings. The van der Waals surface area contributed by atoms with Gasteiger partial charge in [0.05, 0.1) is 6.61 Å². The van der Waals surface area contributed by atoms with Gasteiger partial charge in [0, 0.05) is 19.9 Å². The number of esters is 1. The average molecular weight is 481 g/mol. The molecule has 34 heavy (non-hydrogen) atoms. The van der Waals surface area contributed by atoms with E-state index in [0.29, 0.717) is 24.2 Å². The van der Waals surface area contributed by atoms with Crippen LogP contribution in [-0.4, -0.2) is 55.0 Å². The number of anilines is 1. The fourth-order valence-electron chi connectivity index (χ4n) is 2.60. The number of hydrogen-bond acceptors (Lipinski definition) is 9. The zero-order valence-corrected chi connectivity index (χ0v) is 21.3. The maximum Gasteiger partial charge on any atom is 0.414 e. The van der Waals surface area contributed by atoms with Gasteiger partial charge in [-0.3, -0.25) is 15.1 Å². The SMILES string of the molecule is CC(C)(C)OC=O.CCOC(=O)c1c(NC(=O)OC(C)(C)C)oc2cc(CCCOC)cnc12. The monoisotopic (exact) mass is 480 g/mol. The Morgan fingerprint density at radius 2 is 1.82 bits per heavy atom. The Morgan fingerprint density at radius 3 is 2.32 bits per heavy atom. The van der Waals surface area contributed by atoms with Gasteiger partial charge in [0.2, 0.25) is 5.88 Å². The first-order chi connectivity index (χ1) is 15.8. The maximum atomic E-state index is 12.4. The summed E-state index contributed by atoms with van der Waals surface area (Å²) in [6, 6.07) is 1.79. The molecular formula is C24H36N2O8. The number of aryl methyl sites for hydroxylation is 1. The fourth-order valence-corrected chi connectivity index (χ4v) is 2.60. The van der Waals surface area contributed by atoms with Crippen LogP contribution in [0.1, 0.15) is 70.8 Å². The van der Waals surface area contributed by atoms with E-state index in [2.05, 4.69) is 15.0 Å². The van der Waals surface area contributed by atoms with Gasteiger partial charge in [-0.15, -0.1) is 0 Å². The Kier molecular flexibility index (Phi) is 11.0. The molecule has 10 nitrogen and oxygen atoms in total. The molecule has 0 radical (unpaired) electrons. The lowest BCUT2D eigenvalue weighted by atomic mass is 10.1. The van der Waals surface area contributed by atoms with Crippen LogP contribution in [0.25, 0.3) is 11.1 Å². The lowest BCUT2D eigenvalue weighted by Gasteiger charge is -2.19. The van der Waals surface area contributed by atoms with E-state index in [9.17, 15) is 14.4 Å². The standard InChI is InChI=1S/C19H26N2O6.C5H10O2/c1-6-25-17(22)14-15-13(10-12(11-20-15)8-7-9-24-5)26-16(14)21-18(23)27-19(2,3)4;1-5(2,3)7-4-6/h10-11H,6-9H2,1-5H3,(H,21,23);4H,1-3H3. The van der Waals surface area contributed by atoms with Crippen molar-refractivity contribution in [2.24, 2.45) is 0 Å². The smallest absolute Gasteiger partial charge is 0.414 e. The highest BCUT2D eigenvalue weighted by atomic mass is 16.6. The fraction of sp³-hybridized carbons (Fsp3) is 0.583. The van der Waals surface area contributed by atoms with E-state index in [1.165, 1.54) is 0 Å². The number of rotatable bonds is 8. The molecule has 0 bridgehead atoms. The Morgan fingerprint density at radius 1 is 1.15 bits per heavy atom. The molecule has 0 saturated carbocycles. The summed E-state index contributed by atoms with van der Waals surface area (Å²) in [7, 11) is 1.65. The van der Waals surface area contributed by atoms with Gasteiger partial charge >= 0.3 is 12.1 Å². The number of pyridine rings is 1. The summed E-state index contributed by atoms with van der Waals surface area (Å²) in [5.41, 5.74) is 0.719. The predicted molar refractivity (Wildman–Crippen MR) is 127 cm³/mol. The van der Waals surface area contributed by atoms with Crippen molar-refractivity contribution in [3.63, 3.8) is 0 Å². The zero-order valence-electron chi connectivity index (χ0n) is 21.3. The van der Waals surface area contributed by atoms with Crippen LogP contribution in [-0.2, 0) is 30.2 Å². The molecule has 2 aromatic rings. The summed E-state index contributed by atoms with van der Waals surface area (Å²) in [4.78, 5) is 38.4. The van der Waals surface area contributed by atoms with E-state index < -0.39 is 17.7 Å². The van der Waals surface area contributed by atoms with Gasteiger partial charge in [-0.05, 0) is 72.9 Å². The normalized spacial score (nSPS) is 11.3. The number of methoxy groups -OCH3 is 1. The van der Waals surface area contributed by atoms with Crippen molar-refractivity contribution >= 4 is 35.5 Å². The number of furan rings is 1. The Labute approximate surface area is 200 Å². The van der Waals surface area contributed by atoms with Gasteiger partial charge in [0.15, 0.2) is 5.58 Å². The maximum absolute atomic E-state index is 12.4. The molecule has 0 aromatic carbocycles. The second-order valence-electron chi connectivity index (χ2n) is 9.27. The Bertz CT molecular complexity index is 954. The van der Waals surface area contributed by atoms with Crippen LogP contribution in [0.3, 0.4) is 0 Å². The molecule has 0 saturated heterocycles. The molecule has 1 amide bonds.